The van der Waals surface area contributed by atoms with Gasteiger partial charge in [0.1, 0.15) is 17.3 Å². The molecule has 0 radical (unpaired) electrons. The zero-order valence-electron chi connectivity index (χ0n) is 18.2. The molecule has 1 saturated heterocycles. The molecule has 2 aliphatic rings. The van der Waals surface area contributed by atoms with E-state index in [-0.39, 0.29) is 12.0 Å². The van der Waals surface area contributed by atoms with Crippen molar-refractivity contribution in [3.8, 4) is 11.5 Å². The van der Waals surface area contributed by atoms with Crippen molar-refractivity contribution in [3.05, 3.63) is 53.1 Å². The molecule has 0 aromatic heterocycles. The van der Waals surface area contributed by atoms with Crippen molar-refractivity contribution in [3.63, 3.8) is 0 Å². The van der Waals surface area contributed by atoms with E-state index in [4.69, 9.17) is 21.3 Å². The summed E-state index contributed by atoms with van der Waals surface area (Å²) < 4.78 is 6.14. The first kappa shape index (κ1) is 22.6. The van der Waals surface area contributed by atoms with E-state index < -0.39 is 18.0 Å². The zero-order valence-corrected chi connectivity index (χ0v) is 18.9. The Morgan fingerprint density at radius 1 is 1.28 bits per heavy atom. The predicted octanol–water partition coefficient (Wildman–Crippen LogP) is 3.91. The molecule has 3 N–H and O–H groups in total. The molecular weight excluding hydrogens is 430 g/mol. The Bertz CT molecular complexity index is 1030. The highest BCUT2D eigenvalue weighted by Gasteiger charge is 2.37. The van der Waals surface area contributed by atoms with E-state index in [9.17, 15) is 15.0 Å². The first-order chi connectivity index (χ1) is 15.3. The van der Waals surface area contributed by atoms with Crippen molar-refractivity contribution < 1.29 is 19.7 Å². The molecule has 0 aliphatic carbocycles. The van der Waals surface area contributed by atoms with Gasteiger partial charge in [-0.15, -0.1) is 0 Å². The minimum absolute atomic E-state index is 0.184. The number of benzene rings is 2. The molecule has 4 atom stereocenters. The molecule has 4 rings (SSSR count). The van der Waals surface area contributed by atoms with Crippen LogP contribution in [0.2, 0.25) is 5.02 Å². The van der Waals surface area contributed by atoms with Crippen molar-refractivity contribution >= 4 is 29.1 Å². The monoisotopic (exact) mass is 457 g/mol. The molecule has 32 heavy (non-hydrogen) atoms. The number of carboxylic acids is 1. The number of nitrogens with one attached hydrogen (secondary N) is 1. The van der Waals surface area contributed by atoms with Gasteiger partial charge in [-0.05, 0) is 49.6 Å². The summed E-state index contributed by atoms with van der Waals surface area (Å²) in [5, 5.41) is 23.7. The van der Waals surface area contributed by atoms with Crippen LogP contribution >= 0.6 is 11.6 Å². The maximum absolute atomic E-state index is 12.2. The molecule has 2 aromatic carbocycles. The number of piperazine rings is 1. The fourth-order valence-corrected chi connectivity index (χ4v) is 4.81. The minimum atomic E-state index is -0.860. The number of ether oxygens (including phenoxy) is 1. The SMILES string of the molecule is C[C@H](O)C[C@H](C)C(C(=O)O)[C@H]1CN(C2=Nc3cc(Cl)ccc3Oc3ccccc32)CCN1. The van der Waals surface area contributed by atoms with Crippen molar-refractivity contribution in [1.29, 1.82) is 0 Å². The summed E-state index contributed by atoms with van der Waals surface area (Å²) in [6.45, 7) is 5.35. The number of fused-ring (bicyclic) bond motifs is 2. The van der Waals surface area contributed by atoms with E-state index >= 15 is 0 Å². The van der Waals surface area contributed by atoms with E-state index in [0.717, 1.165) is 11.4 Å². The quantitative estimate of drug-likeness (QED) is 0.630. The van der Waals surface area contributed by atoms with Crippen LogP contribution in [-0.2, 0) is 4.79 Å². The van der Waals surface area contributed by atoms with Crippen LogP contribution in [0, 0.1) is 11.8 Å². The second-order valence-corrected chi connectivity index (χ2v) is 9.01. The molecule has 2 aromatic rings. The number of carboxylic acid groups (broad SMARTS) is 1. The summed E-state index contributed by atoms with van der Waals surface area (Å²) in [4.78, 5) is 19.2. The van der Waals surface area contributed by atoms with Gasteiger partial charge in [0.15, 0.2) is 5.75 Å². The smallest absolute Gasteiger partial charge is 0.308 e. The highest BCUT2D eigenvalue weighted by Crippen LogP contribution is 2.39. The highest BCUT2D eigenvalue weighted by molar-refractivity contribution is 6.31. The number of aliphatic hydroxyl groups excluding tert-OH is 1. The molecule has 0 saturated carbocycles. The van der Waals surface area contributed by atoms with Gasteiger partial charge in [0.25, 0.3) is 0 Å². The van der Waals surface area contributed by atoms with Crippen molar-refractivity contribution in [2.75, 3.05) is 19.6 Å². The number of aliphatic imine (C=N–C) groups is 1. The lowest BCUT2D eigenvalue weighted by Gasteiger charge is -2.40. The van der Waals surface area contributed by atoms with Gasteiger partial charge < -0.3 is 25.2 Å². The van der Waals surface area contributed by atoms with Gasteiger partial charge in [-0.1, -0.05) is 30.7 Å². The number of carbonyl (C=O) groups is 1. The van der Waals surface area contributed by atoms with Crippen molar-refractivity contribution in [2.24, 2.45) is 16.8 Å². The average Bonchev–Trinajstić information content (AvgIpc) is 2.90. The largest absolute Gasteiger partial charge is 0.481 e. The Morgan fingerprint density at radius 2 is 2.06 bits per heavy atom. The third-order valence-electron chi connectivity index (χ3n) is 6.04. The molecule has 0 amide bonds. The van der Waals surface area contributed by atoms with Gasteiger partial charge in [-0.2, -0.15) is 0 Å². The van der Waals surface area contributed by atoms with Crippen LogP contribution in [0.4, 0.5) is 5.69 Å². The standard InChI is InChI=1S/C24H28ClN3O4/c1-14(11-15(2)29)22(24(30)31)19-13-28(10-9-26-19)23-17-5-3-4-6-20(17)32-21-8-7-16(25)12-18(21)27-23/h3-8,12,14-15,19,22,26,29H,9-11,13H2,1-2H3,(H,30,31)/t14-,15-,19+,22?/m0/s1. The van der Waals surface area contributed by atoms with Gasteiger partial charge in [0.2, 0.25) is 0 Å². The van der Waals surface area contributed by atoms with Crippen LogP contribution in [0.25, 0.3) is 0 Å². The summed E-state index contributed by atoms with van der Waals surface area (Å²) >= 11 is 6.22. The van der Waals surface area contributed by atoms with E-state index in [1.165, 1.54) is 0 Å². The van der Waals surface area contributed by atoms with Crippen LogP contribution in [-0.4, -0.2) is 58.7 Å². The maximum Gasteiger partial charge on any atom is 0.308 e. The summed E-state index contributed by atoms with van der Waals surface area (Å²) in [7, 11) is 0. The second-order valence-electron chi connectivity index (χ2n) is 8.58. The highest BCUT2D eigenvalue weighted by atomic mass is 35.5. The van der Waals surface area contributed by atoms with E-state index in [1.807, 2.05) is 31.2 Å². The number of halogens is 1. The molecule has 7 nitrogen and oxygen atoms in total. The molecule has 1 unspecified atom stereocenters. The Hall–Kier alpha value is -2.61. The van der Waals surface area contributed by atoms with Gasteiger partial charge in [-0.25, -0.2) is 4.99 Å². The Balaban J connectivity index is 1.69. The molecule has 170 valence electrons. The lowest BCUT2D eigenvalue weighted by molar-refractivity contribution is -0.145. The minimum Gasteiger partial charge on any atom is -0.481 e. The average molecular weight is 458 g/mol. The molecule has 0 spiro atoms. The number of hydrogen-bond acceptors (Lipinski definition) is 6. The number of hydrogen-bond donors (Lipinski definition) is 3. The van der Waals surface area contributed by atoms with Crippen LogP contribution in [0.3, 0.4) is 0 Å². The van der Waals surface area contributed by atoms with Crippen LogP contribution < -0.4 is 10.1 Å². The molecule has 1 fully saturated rings. The molecule has 2 heterocycles. The number of nitrogens with zero attached hydrogens (tertiary/aromatic N) is 2. The predicted molar refractivity (Wildman–Crippen MR) is 124 cm³/mol. The van der Waals surface area contributed by atoms with Gasteiger partial charge in [0, 0.05) is 30.7 Å². The Morgan fingerprint density at radius 3 is 2.81 bits per heavy atom. The number of aliphatic hydroxyl groups is 1. The lowest BCUT2D eigenvalue weighted by atomic mass is 9.83. The fraction of sp³-hybridized carbons (Fsp3) is 0.417. The van der Waals surface area contributed by atoms with Crippen LogP contribution in [0.15, 0.2) is 47.5 Å². The molecular formula is C24H28ClN3O4. The molecule has 8 heteroatoms. The summed E-state index contributed by atoms with van der Waals surface area (Å²) in [5.41, 5.74) is 1.49. The summed E-state index contributed by atoms with van der Waals surface area (Å²) in [6, 6.07) is 12.8. The fourth-order valence-electron chi connectivity index (χ4n) is 4.65. The summed E-state index contributed by atoms with van der Waals surface area (Å²) in [5.74, 6) is 0.377. The topological polar surface area (TPSA) is 94.4 Å². The van der Waals surface area contributed by atoms with E-state index in [2.05, 4.69) is 10.2 Å². The number of aliphatic carboxylic acids is 1. The zero-order chi connectivity index (χ0) is 22.8. The Labute approximate surface area is 192 Å². The molecule has 2 aliphatic heterocycles. The number of para-hydroxylation sites is 1. The Kier molecular flexibility index (Phi) is 6.69. The van der Waals surface area contributed by atoms with E-state index in [1.54, 1.807) is 25.1 Å². The first-order valence-corrected chi connectivity index (χ1v) is 11.3. The number of rotatable bonds is 5. The van der Waals surface area contributed by atoms with Gasteiger partial charge >= 0.3 is 5.97 Å². The first-order valence-electron chi connectivity index (χ1n) is 10.9. The number of amidine groups is 1. The molecule has 0 bridgehead atoms. The van der Waals surface area contributed by atoms with Crippen molar-refractivity contribution in [2.45, 2.75) is 32.4 Å². The third kappa shape index (κ3) is 4.75. The van der Waals surface area contributed by atoms with Gasteiger partial charge in [-0.3, -0.25) is 4.79 Å². The third-order valence-corrected chi connectivity index (χ3v) is 6.28. The van der Waals surface area contributed by atoms with E-state index in [0.29, 0.717) is 48.3 Å². The normalized spacial score (nSPS) is 20.7. The second kappa shape index (κ2) is 9.48. The van der Waals surface area contributed by atoms with Gasteiger partial charge in [0.05, 0.1) is 17.6 Å². The van der Waals surface area contributed by atoms with Crippen LogP contribution in [0.5, 0.6) is 11.5 Å². The van der Waals surface area contributed by atoms with Crippen LogP contribution in [0.1, 0.15) is 25.8 Å². The lowest BCUT2D eigenvalue weighted by Crippen LogP contribution is -2.58. The van der Waals surface area contributed by atoms with Crippen molar-refractivity contribution in [1.82, 2.24) is 10.2 Å². The maximum atomic E-state index is 12.2. The summed E-state index contributed by atoms with van der Waals surface area (Å²) in [6.07, 6.45) is -0.124.